The summed E-state index contributed by atoms with van der Waals surface area (Å²) in [6.07, 6.45) is 1.00. The van der Waals surface area contributed by atoms with E-state index in [1.807, 2.05) is 0 Å². The first-order valence-corrected chi connectivity index (χ1v) is 21.4. The van der Waals surface area contributed by atoms with E-state index in [1.54, 1.807) is 0 Å². The van der Waals surface area contributed by atoms with Crippen molar-refractivity contribution in [3.63, 3.8) is 0 Å². The average Bonchev–Trinajstić information content (AvgIpc) is 3.67. The van der Waals surface area contributed by atoms with Gasteiger partial charge in [-0.1, -0.05) is 162 Å². The molecular weight excluding hydrogens is 699 g/mol. The number of fused-ring (bicyclic) bond motifs is 7. The summed E-state index contributed by atoms with van der Waals surface area (Å²) in [5, 5.41) is 4.06. The lowest BCUT2D eigenvalue weighted by atomic mass is 9.45. The predicted molar refractivity (Wildman–Crippen MR) is 252 cm³/mol. The molecule has 6 aromatic carbocycles. The van der Waals surface area contributed by atoms with Crippen molar-refractivity contribution in [2.24, 2.45) is 5.41 Å². The molecule has 3 heteroatoms. The van der Waals surface area contributed by atoms with Gasteiger partial charge in [0.1, 0.15) is 0 Å². The highest BCUT2D eigenvalue weighted by molar-refractivity contribution is 6.90. The fourth-order valence-corrected chi connectivity index (χ4v) is 10.2. The monoisotopic (exact) mass is 756 g/mol. The lowest BCUT2D eigenvalue weighted by Crippen LogP contribution is -2.56. The van der Waals surface area contributed by atoms with Gasteiger partial charge in [-0.3, -0.25) is 0 Å². The minimum Gasteiger partial charge on any atom is -0.375 e. The van der Waals surface area contributed by atoms with E-state index in [0.717, 1.165) is 6.42 Å². The van der Waals surface area contributed by atoms with Gasteiger partial charge >= 0.3 is 6.85 Å². The van der Waals surface area contributed by atoms with Crippen LogP contribution in [0, 0.1) is 5.41 Å². The fraction of sp³-hybridized carbons (Fsp3) is 0.309. The van der Waals surface area contributed by atoms with E-state index < -0.39 is 0 Å². The van der Waals surface area contributed by atoms with Crippen molar-refractivity contribution in [1.82, 2.24) is 9.05 Å². The summed E-state index contributed by atoms with van der Waals surface area (Å²) >= 11 is 0. The van der Waals surface area contributed by atoms with Crippen LogP contribution in [-0.4, -0.2) is 15.9 Å². The first-order valence-electron chi connectivity index (χ1n) is 21.4. The Kier molecular flexibility index (Phi) is 7.75. The second kappa shape index (κ2) is 12.1. The molecule has 2 aromatic heterocycles. The van der Waals surface area contributed by atoms with Crippen molar-refractivity contribution in [2.45, 2.75) is 106 Å². The van der Waals surface area contributed by atoms with E-state index in [2.05, 4.69) is 207 Å². The molecule has 2 aliphatic rings. The third kappa shape index (κ3) is 5.52. The van der Waals surface area contributed by atoms with Gasteiger partial charge in [-0.25, -0.2) is 0 Å². The molecule has 0 saturated carbocycles. The Hall–Kier alpha value is -5.28. The summed E-state index contributed by atoms with van der Waals surface area (Å²) in [5.74, 6) is 0. The maximum Gasteiger partial charge on any atom is 0.333 e. The Morgan fingerprint density at radius 1 is 0.500 bits per heavy atom. The molecule has 0 atom stereocenters. The van der Waals surface area contributed by atoms with E-state index in [-0.39, 0.29) is 28.5 Å². The van der Waals surface area contributed by atoms with Crippen LogP contribution in [-0.2, 0) is 22.7 Å². The minimum absolute atomic E-state index is 0.0245. The van der Waals surface area contributed by atoms with E-state index >= 15 is 0 Å². The third-order valence-electron chi connectivity index (χ3n) is 13.0. The van der Waals surface area contributed by atoms with Crippen molar-refractivity contribution in [3.05, 3.63) is 138 Å². The number of hydrogen-bond donors (Lipinski definition) is 0. The molecule has 0 saturated heterocycles. The van der Waals surface area contributed by atoms with Crippen LogP contribution in [0.15, 0.2) is 115 Å². The molecule has 4 heterocycles. The molecule has 0 aliphatic carbocycles. The highest BCUT2D eigenvalue weighted by atomic mass is 15.0. The molecule has 0 N–H and O–H groups in total. The SMILES string of the molecule is CC(C)(C)Cc1cc2c3c(c1)c1cc(C(C)(C)C)ccc1n3-c1cc(C(C)(C)C)cc3c1B2n1c(-c2ccccc2)c(-c2ccccc2)c2cc(C(C)(C)C)cc-3c21. The highest BCUT2D eigenvalue weighted by Gasteiger charge is 2.44. The molecule has 0 unspecified atom stereocenters. The smallest absolute Gasteiger partial charge is 0.333 e. The van der Waals surface area contributed by atoms with Gasteiger partial charge in [0.05, 0.1) is 11.0 Å². The van der Waals surface area contributed by atoms with Crippen LogP contribution in [0.1, 0.15) is 105 Å². The summed E-state index contributed by atoms with van der Waals surface area (Å²) in [4.78, 5) is 0. The van der Waals surface area contributed by atoms with E-state index in [0.29, 0.717) is 0 Å². The van der Waals surface area contributed by atoms with E-state index in [4.69, 9.17) is 0 Å². The maximum absolute atomic E-state index is 2.79. The van der Waals surface area contributed by atoms with Crippen molar-refractivity contribution in [2.75, 3.05) is 0 Å². The Labute approximate surface area is 346 Å². The molecule has 10 rings (SSSR count). The van der Waals surface area contributed by atoms with Crippen molar-refractivity contribution >= 4 is 50.5 Å². The zero-order valence-corrected chi connectivity index (χ0v) is 36.6. The maximum atomic E-state index is 2.79. The van der Waals surface area contributed by atoms with Crippen LogP contribution in [0.2, 0.25) is 0 Å². The zero-order chi connectivity index (χ0) is 40.8. The normalized spacial score (nSPS) is 13.9. The Bertz CT molecular complexity index is 2980. The highest BCUT2D eigenvalue weighted by Crippen LogP contribution is 2.50. The molecule has 0 bridgehead atoms. The Morgan fingerprint density at radius 2 is 1.09 bits per heavy atom. The largest absolute Gasteiger partial charge is 0.375 e. The summed E-state index contributed by atoms with van der Waals surface area (Å²) in [5.41, 5.74) is 21.6. The standard InChI is InChI=1S/C55H57BN2/c1-52(2,3)32-33-25-41-39-27-36(53(4,5)6)23-24-45(39)57-46-31-38(55(10,11)12)28-40-42-29-37(54(7,8)9)30-43-47(34-19-15-13-16-20-34)49(35-21-17-14-18-22-35)58(50(42)43)56(48(40)46)44(26-33)51(41)57/h13-31H,32H2,1-12H3. The van der Waals surface area contributed by atoms with E-state index in [9.17, 15) is 0 Å². The van der Waals surface area contributed by atoms with Crippen LogP contribution in [0.25, 0.3) is 71.9 Å². The number of aromatic nitrogens is 2. The van der Waals surface area contributed by atoms with E-state index in [1.165, 1.54) is 105 Å². The molecular formula is C55H57BN2. The van der Waals surface area contributed by atoms with Gasteiger partial charge in [0.15, 0.2) is 0 Å². The van der Waals surface area contributed by atoms with Gasteiger partial charge in [0.2, 0.25) is 0 Å². The van der Waals surface area contributed by atoms with Crippen LogP contribution >= 0.6 is 0 Å². The molecule has 58 heavy (non-hydrogen) atoms. The Balaban J connectivity index is 1.48. The molecule has 290 valence electrons. The quantitative estimate of drug-likeness (QED) is 0.159. The zero-order valence-electron chi connectivity index (χ0n) is 36.6. The number of rotatable bonds is 3. The fourth-order valence-electron chi connectivity index (χ4n) is 10.2. The number of hydrogen-bond acceptors (Lipinski definition) is 0. The first kappa shape index (κ1) is 37.0. The van der Waals surface area contributed by atoms with Crippen LogP contribution in [0.3, 0.4) is 0 Å². The average molecular weight is 757 g/mol. The van der Waals surface area contributed by atoms with Gasteiger partial charge in [-0.15, -0.1) is 0 Å². The summed E-state index contributed by atoms with van der Waals surface area (Å²) in [7, 11) is 0. The molecule has 0 fully saturated rings. The van der Waals surface area contributed by atoms with Crippen LogP contribution in [0.4, 0.5) is 0 Å². The molecule has 2 aliphatic heterocycles. The van der Waals surface area contributed by atoms with Crippen LogP contribution < -0.4 is 10.9 Å². The van der Waals surface area contributed by atoms with Crippen LogP contribution in [0.5, 0.6) is 0 Å². The predicted octanol–water partition coefficient (Wildman–Crippen LogP) is 13.5. The summed E-state index contributed by atoms with van der Waals surface area (Å²) in [6, 6.07) is 45.1. The lowest BCUT2D eigenvalue weighted by molar-refractivity contribution is 0.411. The molecule has 8 aromatic rings. The van der Waals surface area contributed by atoms with Crippen molar-refractivity contribution in [3.8, 4) is 39.2 Å². The van der Waals surface area contributed by atoms with Crippen molar-refractivity contribution in [1.29, 1.82) is 0 Å². The number of benzene rings is 6. The second-order valence-corrected chi connectivity index (χ2v) is 21.7. The van der Waals surface area contributed by atoms with Gasteiger partial charge in [-0.05, 0) is 114 Å². The third-order valence-corrected chi connectivity index (χ3v) is 13.0. The van der Waals surface area contributed by atoms with Gasteiger partial charge in [-0.2, -0.15) is 0 Å². The van der Waals surface area contributed by atoms with Gasteiger partial charge in [0, 0.05) is 44.2 Å². The molecule has 2 nitrogen and oxygen atoms in total. The molecule has 0 spiro atoms. The van der Waals surface area contributed by atoms with Gasteiger partial charge in [0.25, 0.3) is 0 Å². The Morgan fingerprint density at radius 3 is 1.71 bits per heavy atom. The first-order chi connectivity index (χ1) is 27.3. The second-order valence-electron chi connectivity index (χ2n) is 21.7. The van der Waals surface area contributed by atoms with Gasteiger partial charge < -0.3 is 9.05 Å². The van der Waals surface area contributed by atoms with Crippen molar-refractivity contribution < 1.29 is 0 Å². The minimum atomic E-state index is -0.0516. The topological polar surface area (TPSA) is 9.86 Å². The summed E-state index contributed by atoms with van der Waals surface area (Å²) in [6.45, 7) is 28.4. The summed E-state index contributed by atoms with van der Waals surface area (Å²) < 4.78 is 5.45. The number of nitrogens with zero attached hydrogens (tertiary/aromatic N) is 2. The lowest BCUT2D eigenvalue weighted by Gasteiger charge is -2.37. The molecule has 0 radical (unpaired) electrons. The molecule has 0 amide bonds.